The lowest BCUT2D eigenvalue weighted by molar-refractivity contribution is -0.112. The van der Waals surface area contributed by atoms with E-state index in [1.165, 1.54) is 6.26 Å². The molecule has 1 aliphatic rings. The molecule has 0 radical (unpaired) electrons. The molecule has 0 saturated carbocycles. The van der Waals surface area contributed by atoms with Gasteiger partial charge in [-0.25, -0.2) is 0 Å². The summed E-state index contributed by atoms with van der Waals surface area (Å²) in [4.78, 5) is 10.3. The van der Waals surface area contributed by atoms with E-state index in [2.05, 4.69) is 0 Å². The van der Waals surface area contributed by atoms with Crippen molar-refractivity contribution in [2.75, 3.05) is 13.2 Å². The van der Waals surface area contributed by atoms with Crippen molar-refractivity contribution < 1.29 is 14.3 Å². The first kappa shape index (κ1) is 6.42. The maximum Gasteiger partial charge on any atom is 0.290 e. The highest BCUT2D eigenvalue weighted by molar-refractivity contribution is 6.67. The first-order valence-corrected chi connectivity index (χ1v) is 2.83. The van der Waals surface area contributed by atoms with Gasteiger partial charge in [-0.2, -0.15) is 0 Å². The monoisotopic (exact) mass is 148 g/mol. The third-order valence-electron chi connectivity index (χ3n) is 0.843. The van der Waals surface area contributed by atoms with Gasteiger partial charge in [0.2, 0.25) is 5.76 Å². The fourth-order valence-corrected chi connectivity index (χ4v) is 0.571. The first-order chi connectivity index (χ1) is 4.30. The van der Waals surface area contributed by atoms with E-state index in [1.807, 2.05) is 0 Å². The summed E-state index contributed by atoms with van der Waals surface area (Å²) >= 11 is 5.04. The van der Waals surface area contributed by atoms with Crippen LogP contribution in [0.4, 0.5) is 0 Å². The van der Waals surface area contributed by atoms with Crippen LogP contribution in [0.5, 0.6) is 0 Å². The van der Waals surface area contributed by atoms with E-state index in [4.69, 9.17) is 21.1 Å². The minimum absolute atomic E-state index is 0.0860. The second-order valence-corrected chi connectivity index (χ2v) is 1.82. The minimum atomic E-state index is -0.616. The predicted octanol–water partition coefficient (Wildman–Crippen LogP) is 0.640. The Morgan fingerprint density at radius 1 is 1.67 bits per heavy atom. The zero-order chi connectivity index (χ0) is 6.69. The van der Waals surface area contributed by atoms with Crippen LogP contribution in [0.15, 0.2) is 12.0 Å². The summed E-state index contributed by atoms with van der Waals surface area (Å²) in [6, 6.07) is 0. The van der Waals surface area contributed by atoms with Gasteiger partial charge in [0, 0.05) is 0 Å². The number of allylic oxidation sites excluding steroid dienone is 1. The molecular weight excluding hydrogens is 144 g/mol. The number of rotatable bonds is 1. The Bertz CT molecular complexity index is 152. The van der Waals surface area contributed by atoms with Crippen LogP contribution in [-0.2, 0) is 14.3 Å². The Hall–Kier alpha value is -0.700. The van der Waals surface area contributed by atoms with Crippen molar-refractivity contribution in [3.05, 3.63) is 12.0 Å². The molecule has 4 heteroatoms. The molecule has 0 spiro atoms. The molecule has 3 nitrogen and oxygen atoms in total. The topological polar surface area (TPSA) is 35.5 Å². The maximum absolute atomic E-state index is 10.3. The minimum Gasteiger partial charge on any atom is -0.494 e. The molecule has 0 aromatic rings. The molecule has 1 heterocycles. The zero-order valence-electron chi connectivity index (χ0n) is 4.59. The Labute approximate surface area is 57.2 Å². The molecule has 0 saturated heterocycles. The third-order valence-corrected chi connectivity index (χ3v) is 1.03. The quantitative estimate of drug-likeness (QED) is 0.512. The highest BCUT2D eigenvalue weighted by Gasteiger charge is 2.10. The van der Waals surface area contributed by atoms with Gasteiger partial charge in [0.1, 0.15) is 19.5 Å². The summed E-state index contributed by atoms with van der Waals surface area (Å²) in [6.07, 6.45) is 1.22. The third kappa shape index (κ3) is 1.61. The molecule has 0 aliphatic carbocycles. The van der Waals surface area contributed by atoms with Crippen molar-refractivity contribution in [3.8, 4) is 0 Å². The Morgan fingerprint density at radius 2 is 2.44 bits per heavy atom. The van der Waals surface area contributed by atoms with Crippen molar-refractivity contribution in [3.63, 3.8) is 0 Å². The maximum atomic E-state index is 10.3. The summed E-state index contributed by atoms with van der Waals surface area (Å²) in [5, 5.41) is -0.616. The van der Waals surface area contributed by atoms with Crippen molar-refractivity contribution in [1.82, 2.24) is 0 Å². The van der Waals surface area contributed by atoms with Gasteiger partial charge in [-0.05, 0) is 11.6 Å². The normalized spacial score (nSPS) is 17.2. The molecule has 1 aliphatic heterocycles. The first-order valence-electron chi connectivity index (χ1n) is 2.45. The number of hydrogen-bond donors (Lipinski definition) is 0. The molecule has 0 atom stereocenters. The zero-order valence-corrected chi connectivity index (χ0v) is 5.35. The second-order valence-electron chi connectivity index (χ2n) is 1.48. The van der Waals surface area contributed by atoms with E-state index in [-0.39, 0.29) is 5.76 Å². The highest BCUT2D eigenvalue weighted by Crippen LogP contribution is 2.06. The lowest BCUT2D eigenvalue weighted by atomic mass is 10.5. The lowest BCUT2D eigenvalue weighted by Crippen LogP contribution is -2.11. The molecule has 0 N–H and O–H groups in total. The van der Waals surface area contributed by atoms with Gasteiger partial charge in [-0.3, -0.25) is 4.79 Å². The Balaban J connectivity index is 2.57. The fraction of sp³-hybridized carbons (Fsp3) is 0.400. The van der Waals surface area contributed by atoms with Gasteiger partial charge in [-0.15, -0.1) is 0 Å². The van der Waals surface area contributed by atoms with Crippen LogP contribution in [0, 0.1) is 0 Å². The van der Waals surface area contributed by atoms with E-state index in [0.717, 1.165) is 0 Å². The number of hydrogen-bond acceptors (Lipinski definition) is 3. The second kappa shape index (κ2) is 2.73. The van der Waals surface area contributed by atoms with Gasteiger partial charge in [0.05, 0.1) is 0 Å². The lowest BCUT2D eigenvalue weighted by Gasteiger charge is -2.11. The largest absolute Gasteiger partial charge is 0.494 e. The molecule has 0 bridgehead atoms. The molecule has 50 valence electrons. The van der Waals surface area contributed by atoms with Crippen LogP contribution in [-0.4, -0.2) is 18.5 Å². The van der Waals surface area contributed by atoms with Gasteiger partial charge in [0.25, 0.3) is 5.24 Å². The van der Waals surface area contributed by atoms with Crippen molar-refractivity contribution in [1.29, 1.82) is 0 Å². The van der Waals surface area contributed by atoms with Gasteiger partial charge < -0.3 is 9.47 Å². The SMILES string of the molecule is O=C(Cl)C1=COCCO1. The fourth-order valence-electron chi connectivity index (χ4n) is 0.471. The molecule has 9 heavy (non-hydrogen) atoms. The van der Waals surface area contributed by atoms with E-state index in [9.17, 15) is 4.79 Å². The summed E-state index contributed by atoms with van der Waals surface area (Å²) in [5.74, 6) is 0.0860. The van der Waals surface area contributed by atoms with Crippen LogP contribution in [0.25, 0.3) is 0 Å². The summed E-state index contributed by atoms with van der Waals surface area (Å²) in [7, 11) is 0. The van der Waals surface area contributed by atoms with E-state index >= 15 is 0 Å². The Morgan fingerprint density at radius 3 is 2.78 bits per heavy atom. The number of ether oxygens (including phenoxy) is 2. The molecular formula is C5H5ClO3. The van der Waals surface area contributed by atoms with Gasteiger partial charge >= 0.3 is 0 Å². The van der Waals surface area contributed by atoms with E-state index in [0.29, 0.717) is 13.2 Å². The van der Waals surface area contributed by atoms with Gasteiger partial charge in [-0.1, -0.05) is 0 Å². The van der Waals surface area contributed by atoms with Crippen molar-refractivity contribution >= 4 is 16.8 Å². The van der Waals surface area contributed by atoms with Crippen molar-refractivity contribution in [2.45, 2.75) is 0 Å². The predicted molar refractivity (Wildman–Crippen MR) is 30.8 cm³/mol. The average Bonchev–Trinajstić information content (AvgIpc) is 1.90. The van der Waals surface area contributed by atoms with Crippen molar-refractivity contribution in [2.24, 2.45) is 0 Å². The molecule has 0 fully saturated rings. The number of halogens is 1. The standard InChI is InChI=1S/C5H5ClO3/c6-5(7)4-3-8-1-2-9-4/h3H,1-2H2. The van der Waals surface area contributed by atoms with Crippen LogP contribution >= 0.6 is 11.6 Å². The molecule has 0 aromatic heterocycles. The summed E-state index contributed by atoms with van der Waals surface area (Å²) < 4.78 is 9.55. The molecule has 1 rings (SSSR count). The Kier molecular flexibility index (Phi) is 1.95. The smallest absolute Gasteiger partial charge is 0.290 e. The summed E-state index contributed by atoms with van der Waals surface area (Å²) in [5.41, 5.74) is 0. The van der Waals surface area contributed by atoms with Crippen LogP contribution < -0.4 is 0 Å². The number of carbonyl (C=O) groups excluding carboxylic acids is 1. The highest BCUT2D eigenvalue weighted by atomic mass is 35.5. The molecule has 0 amide bonds. The van der Waals surface area contributed by atoms with E-state index in [1.54, 1.807) is 0 Å². The summed E-state index contributed by atoms with van der Waals surface area (Å²) in [6.45, 7) is 0.873. The molecule has 0 unspecified atom stereocenters. The van der Waals surface area contributed by atoms with Crippen LogP contribution in [0.2, 0.25) is 0 Å². The number of carbonyl (C=O) groups is 1. The van der Waals surface area contributed by atoms with Gasteiger partial charge in [0.15, 0.2) is 0 Å². The average molecular weight is 149 g/mol. The van der Waals surface area contributed by atoms with Crippen LogP contribution in [0.1, 0.15) is 0 Å². The van der Waals surface area contributed by atoms with E-state index < -0.39 is 5.24 Å². The molecule has 0 aromatic carbocycles. The van der Waals surface area contributed by atoms with Crippen LogP contribution in [0.3, 0.4) is 0 Å².